The van der Waals surface area contributed by atoms with Crippen LogP contribution in [-0.2, 0) is 19.9 Å². The smallest absolute Gasteiger partial charge is 0.269 e. The van der Waals surface area contributed by atoms with Gasteiger partial charge < -0.3 is 10.1 Å². The van der Waals surface area contributed by atoms with Gasteiger partial charge in [0.2, 0.25) is 17.7 Å². The van der Waals surface area contributed by atoms with Gasteiger partial charge in [-0.15, -0.1) is 0 Å². The summed E-state index contributed by atoms with van der Waals surface area (Å²) >= 11 is 0. The summed E-state index contributed by atoms with van der Waals surface area (Å²) in [7, 11) is 1.54. The van der Waals surface area contributed by atoms with Gasteiger partial charge in [0.15, 0.2) is 0 Å². The molecule has 0 radical (unpaired) electrons. The first kappa shape index (κ1) is 19.9. The third-order valence-electron chi connectivity index (χ3n) is 7.52. The third-order valence-corrected chi connectivity index (χ3v) is 7.52. The van der Waals surface area contributed by atoms with Crippen LogP contribution >= 0.6 is 0 Å². The Hall–Kier alpha value is -3.79. The predicted molar refractivity (Wildman–Crippen MR) is 116 cm³/mol. The number of carbonyl (C=O) groups is 3. The Morgan fingerprint density at radius 3 is 2.58 bits per heavy atom. The van der Waals surface area contributed by atoms with Gasteiger partial charge in [-0.1, -0.05) is 0 Å². The summed E-state index contributed by atoms with van der Waals surface area (Å²) in [6.45, 7) is 0.611. The van der Waals surface area contributed by atoms with Crippen molar-refractivity contribution in [3.63, 3.8) is 0 Å². The maximum absolute atomic E-state index is 13.9. The molecule has 3 amide bonds. The van der Waals surface area contributed by atoms with E-state index in [1.165, 1.54) is 31.4 Å². The van der Waals surface area contributed by atoms with Crippen molar-refractivity contribution in [3.8, 4) is 5.75 Å². The number of nitro groups is 1. The van der Waals surface area contributed by atoms with E-state index < -0.39 is 28.2 Å². The van der Waals surface area contributed by atoms with Crippen LogP contribution in [0.5, 0.6) is 5.75 Å². The van der Waals surface area contributed by atoms with Crippen molar-refractivity contribution in [2.75, 3.05) is 23.9 Å². The highest BCUT2D eigenvalue weighted by molar-refractivity contribution is 6.25. The molecule has 1 N–H and O–H groups in total. The first-order chi connectivity index (χ1) is 15.9. The van der Waals surface area contributed by atoms with E-state index in [0.29, 0.717) is 30.0 Å². The number of carbonyl (C=O) groups excluding carboxylic acids is 3. The van der Waals surface area contributed by atoms with Crippen LogP contribution in [-0.4, -0.2) is 47.2 Å². The second-order valence-electron chi connectivity index (χ2n) is 8.82. The largest absolute Gasteiger partial charge is 0.497 e. The van der Waals surface area contributed by atoms with Crippen molar-refractivity contribution in [2.45, 2.75) is 24.4 Å². The summed E-state index contributed by atoms with van der Waals surface area (Å²) in [6, 6.07) is 10.4. The van der Waals surface area contributed by atoms with Crippen LogP contribution in [0.25, 0.3) is 0 Å². The van der Waals surface area contributed by atoms with Crippen LogP contribution in [0.4, 0.5) is 17.1 Å². The number of anilines is 2. The Morgan fingerprint density at radius 2 is 1.88 bits per heavy atom. The number of benzene rings is 2. The van der Waals surface area contributed by atoms with Gasteiger partial charge in [0.25, 0.3) is 5.69 Å². The number of amides is 3. The van der Waals surface area contributed by atoms with Crippen molar-refractivity contribution < 1.29 is 24.0 Å². The van der Waals surface area contributed by atoms with Gasteiger partial charge in [-0.25, -0.2) is 4.90 Å². The number of nitrogens with zero attached hydrogens (tertiary/aromatic N) is 3. The summed E-state index contributed by atoms with van der Waals surface area (Å²) in [5.74, 6) is -2.13. The number of methoxy groups -OCH3 is 1. The summed E-state index contributed by atoms with van der Waals surface area (Å²) < 4.78 is 5.39. The highest BCUT2D eigenvalue weighted by Crippen LogP contribution is 2.61. The van der Waals surface area contributed by atoms with Crippen LogP contribution in [0.3, 0.4) is 0 Å². The molecule has 0 unspecified atom stereocenters. The van der Waals surface area contributed by atoms with E-state index in [1.807, 2.05) is 4.90 Å². The first-order valence-corrected chi connectivity index (χ1v) is 10.8. The van der Waals surface area contributed by atoms with Crippen molar-refractivity contribution in [2.24, 2.45) is 11.8 Å². The zero-order chi connectivity index (χ0) is 23.1. The lowest BCUT2D eigenvalue weighted by Crippen LogP contribution is -2.54. The fraction of sp³-hybridized carbons (Fsp3) is 0.348. The maximum atomic E-state index is 13.9. The average Bonchev–Trinajstić information content (AvgIpc) is 3.51. The van der Waals surface area contributed by atoms with Gasteiger partial charge >= 0.3 is 0 Å². The van der Waals surface area contributed by atoms with E-state index in [9.17, 15) is 24.5 Å². The van der Waals surface area contributed by atoms with E-state index in [4.69, 9.17) is 4.74 Å². The summed E-state index contributed by atoms with van der Waals surface area (Å²) in [5.41, 5.74) is 0.110. The SMILES string of the molecule is COc1ccc2c(c1)[C@]1(C(=O)N2)[C@@H]2C(=O)N(c3ccc([N+](=O)[O-])cc3)C(=O)[C@H]2[C@H]2CCCN21. The molecular weight excluding hydrogens is 428 g/mol. The minimum absolute atomic E-state index is 0.132. The summed E-state index contributed by atoms with van der Waals surface area (Å²) in [6.07, 6.45) is 1.53. The van der Waals surface area contributed by atoms with Crippen LogP contribution in [0.1, 0.15) is 18.4 Å². The number of rotatable bonds is 3. The lowest BCUT2D eigenvalue weighted by atomic mass is 9.75. The fourth-order valence-electron chi connectivity index (χ4n) is 6.29. The van der Waals surface area contributed by atoms with Crippen molar-refractivity contribution in [1.82, 2.24) is 4.90 Å². The molecule has 0 saturated carbocycles. The Kier molecular flexibility index (Phi) is 3.98. The predicted octanol–water partition coefficient (Wildman–Crippen LogP) is 2.03. The molecule has 3 fully saturated rings. The molecule has 4 aliphatic heterocycles. The zero-order valence-electron chi connectivity index (χ0n) is 17.7. The number of ether oxygens (including phenoxy) is 1. The molecule has 4 heterocycles. The van der Waals surface area contributed by atoms with Crippen LogP contribution in [0.15, 0.2) is 42.5 Å². The van der Waals surface area contributed by atoms with Gasteiger partial charge in [-0.2, -0.15) is 0 Å². The number of imide groups is 1. The fourth-order valence-corrected chi connectivity index (χ4v) is 6.29. The van der Waals surface area contributed by atoms with E-state index in [1.54, 1.807) is 18.2 Å². The summed E-state index contributed by atoms with van der Waals surface area (Å²) in [5, 5.41) is 13.9. The maximum Gasteiger partial charge on any atom is 0.269 e. The standard InChI is InChI=1S/C23H20N4O6/c1-33-14-8-9-16-15(11-14)23(22(30)24-16)19-18(17-3-2-10-25(17)23)20(28)26(21(19)29)12-4-6-13(7-5-12)27(31)32/h4-9,11,17-19H,2-3,10H2,1H3,(H,24,30)/t17-,18+,19+,23-/m1/s1. The van der Waals surface area contributed by atoms with Gasteiger partial charge in [0, 0.05) is 29.4 Å². The average molecular weight is 448 g/mol. The molecule has 10 nitrogen and oxygen atoms in total. The van der Waals surface area contributed by atoms with E-state index >= 15 is 0 Å². The number of nitrogens with one attached hydrogen (secondary N) is 1. The Balaban J connectivity index is 1.51. The molecule has 33 heavy (non-hydrogen) atoms. The molecule has 2 aromatic rings. The lowest BCUT2D eigenvalue weighted by molar-refractivity contribution is -0.384. The van der Waals surface area contributed by atoms with E-state index in [2.05, 4.69) is 5.32 Å². The number of hydrogen-bond acceptors (Lipinski definition) is 7. The molecule has 3 saturated heterocycles. The zero-order valence-corrected chi connectivity index (χ0v) is 17.7. The van der Waals surface area contributed by atoms with E-state index in [-0.39, 0.29) is 29.2 Å². The molecule has 0 aromatic heterocycles. The monoisotopic (exact) mass is 448 g/mol. The van der Waals surface area contributed by atoms with Gasteiger partial charge in [-0.3, -0.25) is 29.4 Å². The van der Waals surface area contributed by atoms with Crippen LogP contribution < -0.4 is 15.0 Å². The Bertz CT molecular complexity index is 1240. The summed E-state index contributed by atoms with van der Waals surface area (Å²) in [4.78, 5) is 54.7. The Labute approximate surface area is 188 Å². The Morgan fingerprint density at radius 1 is 1.12 bits per heavy atom. The highest BCUT2D eigenvalue weighted by atomic mass is 16.6. The first-order valence-electron chi connectivity index (χ1n) is 10.8. The van der Waals surface area contributed by atoms with Crippen LogP contribution in [0.2, 0.25) is 0 Å². The van der Waals surface area contributed by atoms with Crippen LogP contribution in [0, 0.1) is 22.0 Å². The van der Waals surface area contributed by atoms with Crippen molar-refractivity contribution in [1.29, 1.82) is 0 Å². The molecule has 0 aliphatic carbocycles. The van der Waals surface area contributed by atoms with Crippen molar-refractivity contribution in [3.05, 3.63) is 58.1 Å². The minimum Gasteiger partial charge on any atom is -0.497 e. The second kappa shape index (κ2) is 6.61. The molecule has 0 bridgehead atoms. The topological polar surface area (TPSA) is 122 Å². The van der Waals surface area contributed by atoms with Crippen molar-refractivity contribution >= 4 is 34.8 Å². The minimum atomic E-state index is -1.29. The quantitative estimate of drug-likeness (QED) is 0.433. The van der Waals surface area contributed by atoms with Gasteiger partial charge in [0.1, 0.15) is 11.3 Å². The molecule has 4 aliphatic rings. The molecule has 6 rings (SSSR count). The molecule has 2 aromatic carbocycles. The molecular formula is C23H20N4O6. The molecule has 10 heteroatoms. The normalized spacial score (nSPS) is 29.9. The number of nitro benzene ring substituents is 1. The lowest BCUT2D eigenvalue weighted by Gasteiger charge is -2.36. The molecule has 168 valence electrons. The molecule has 4 atom stereocenters. The second-order valence-corrected chi connectivity index (χ2v) is 8.82. The third kappa shape index (κ3) is 2.33. The van der Waals surface area contributed by atoms with Gasteiger partial charge in [0.05, 0.1) is 29.6 Å². The highest BCUT2D eigenvalue weighted by Gasteiger charge is 2.74. The number of fused-ring (bicyclic) bond motifs is 7. The number of hydrogen-bond donors (Lipinski definition) is 1. The molecule has 1 spiro atoms. The van der Waals surface area contributed by atoms with E-state index in [0.717, 1.165) is 11.3 Å². The van der Waals surface area contributed by atoms with Gasteiger partial charge in [-0.05, 0) is 49.7 Å². The number of non-ortho nitro benzene ring substituents is 1.